The van der Waals surface area contributed by atoms with Gasteiger partial charge in [0.2, 0.25) is 0 Å². The number of nitrogens with zero attached hydrogens (tertiary/aromatic N) is 5. The van der Waals surface area contributed by atoms with Gasteiger partial charge in [-0.05, 0) is 42.0 Å². The van der Waals surface area contributed by atoms with Crippen LogP contribution >= 0.6 is 11.8 Å². The first-order valence-corrected chi connectivity index (χ1v) is 11.9. The third kappa shape index (κ3) is 5.98. The van der Waals surface area contributed by atoms with E-state index in [1.807, 2.05) is 24.3 Å². The van der Waals surface area contributed by atoms with E-state index in [9.17, 15) is 9.18 Å². The van der Waals surface area contributed by atoms with E-state index in [-0.39, 0.29) is 11.7 Å². The van der Waals surface area contributed by atoms with Crippen molar-refractivity contribution in [2.24, 2.45) is 0 Å². The third-order valence-electron chi connectivity index (χ3n) is 5.51. The molecule has 0 spiro atoms. The Morgan fingerprint density at radius 1 is 1.09 bits per heavy atom. The van der Waals surface area contributed by atoms with Gasteiger partial charge in [0.25, 0.3) is 5.91 Å². The van der Waals surface area contributed by atoms with Gasteiger partial charge in [-0.15, -0.1) is 10.2 Å². The molecule has 0 aliphatic carbocycles. The highest BCUT2D eigenvalue weighted by atomic mass is 32.2. The Hall–Kier alpha value is -2.75. The molecule has 3 aromatic rings. The Morgan fingerprint density at radius 2 is 1.85 bits per heavy atom. The van der Waals surface area contributed by atoms with Crippen LogP contribution in [-0.2, 0) is 17.0 Å². The summed E-state index contributed by atoms with van der Waals surface area (Å²) in [7, 11) is 3.50. The van der Waals surface area contributed by atoms with Gasteiger partial charge in [0, 0.05) is 57.2 Å². The van der Waals surface area contributed by atoms with Gasteiger partial charge in [-0.25, -0.2) is 4.39 Å². The predicted molar refractivity (Wildman–Crippen MR) is 127 cm³/mol. The minimum absolute atomic E-state index is 0.0193. The fraction of sp³-hybridized carbons (Fsp3) is 0.375. The van der Waals surface area contributed by atoms with Gasteiger partial charge in [0.15, 0.2) is 11.0 Å². The van der Waals surface area contributed by atoms with Crippen molar-refractivity contribution in [3.05, 3.63) is 65.5 Å². The maximum Gasteiger partial charge on any atom is 0.253 e. The molecule has 0 radical (unpaired) electrons. The number of carbonyl (C=O) groups is 1. The van der Waals surface area contributed by atoms with Crippen molar-refractivity contribution < 1.29 is 13.9 Å². The van der Waals surface area contributed by atoms with Crippen molar-refractivity contribution in [1.82, 2.24) is 24.6 Å². The van der Waals surface area contributed by atoms with E-state index in [2.05, 4.69) is 19.7 Å². The lowest BCUT2D eigenvalue weighted by atomic mass is 10.1. The second-order valence-corrected chi connectivity index (χ2v) is 9.05. The minimum Gasteiger partial charge on any atom is -0.379 e. The zero-order chi connectivity index (χ0) is 23.2. The summed E-state index contributed by atoms with van der Waals surface area (Å²) in [5.74, 6) is 1.09. The molecule has 0 atom stereocenters. The first-order valence-electron chi connectivity index (χ1n) is 10.9. The molecular formula is C24H28FN5O2S. The fourth-order valence-electron chi connectivity index (χ4n) is 3.68. The number of benzene rings is 2. The Balaban J connectivity index is 1.53. The zero-order valence-electron chi connectivity index (χ0n) is 18.9. The molecule has 0 unspecified atom stereocenters. The molecule has 0 bridgehead atoms. The van der Waals surface area contributed by atoms with Crippen molar-refractivity contribution in [3.63, 3.8) is 0 Å². The monoisotopic (exact) mass is 469 g/mol. The summed E-state index contributed by atoms with van der Waals surface area (Å²) >= 11 is 1.58. The van der Waals surface area contributed by atoms with E-state index in [0.717, 1.165) is 61.5 Å². The van der Waals surface area contributed by atoms with Gasteiger partial charge < -0.3 is 14.2 Å². The van der Waals surface area contributed by atoms with Gasteiger partial charge in [-0.2, -0.15) is 0 Å². The molecule has 1 aromatic heterocycles. The summed E-state index contributed by atoms with van der Waals surface area (Å²) in [6.45, 7) is 4.89. The van der Waals surface area contributed by atoms with Crippen LogP contribution in [0.5, 0.6) is 0 Å². The highest BCUT2D eigenvalue weighted by Crippen LogP contribution is 2.27. The van der Waals surface area contributed by atoms with Crippen molar-refractivity contribution in [3.8, 4) is 11.4 Å². The molecule has 7 nitrogen and oxygen atoms in total. The number of rotatable bonds is 8. The Labute approximate surface area is 197 Å². The normalized spacial score (nSPS) is 14.4. The molecular weight excluding hydrogens is 441 g/mol. The number of carbonyl (C=O) groups excluding carboxylic acids is 1. The van der Waals surface area contributed by atoms with E-state index in [1.54, 1.807) is 42.9 Å². The summed E-state index contributed by atoms with van der Waals surface area (Å²) in [6.07, 6.45) is 0. The Kier molecular flexibility index (Phi) is 7.74. The SMILES string of the molecule is CN(C)C(=O)c1cccc(CSc2nnc(-c3ccc(F)cc3)n2CCN2CCOCC2)c1. The summed E-state index contributed by atoms with van der Waals surface area (Å²) in [6, 6.07) is 14.0. The maximum atomic E-state index is 13.5. The van der Waals surface area contributed by atoms with Crippen LogP contribution in [0.25, 0.3) is 11.4 Å². The average Bonchev–Trinajstić information content (AvgIpc) is 3.25. The number of ether oxygens (including phenoxy) is 1. The topological polar surface area (TPSA) is 63.5 Å². The van der Waals surface area contributed by atoms with Crippen LogP contribution < -0.4 is 0 Å². The fourth-order valence-corrected chi connectivity index (χ4v) is 4.58. The molecule has 9 heteroatoms. The lowest BCUT2D eigenvalue weighted by Gasteiger charge is -2.27. The lowest BCUT2D eigenvalue weighted by molar-refractivity contribution is 0.0361. The van der Waals surface area contributed by atoms with Gasteiger partial charge >= 0.3 is 0 Å². The van der Waals surface area contributed by atoms with Gasteiger partial charge in [-0.1, -0.05) is 23.9 Å². The highest BCUT2D eigenvalue weighted by molar-refractivity contribution is 7.98. The minimum atomic E-state index is -0.278. The molecule has 1 aliphatic rings. The molecule has 1 saturated heterocycles. The molecule has 0 saturated carbocycles. The molecule has 1 amide bonds. The van der Waals surface area contributed by atoms with E-state index < -0.39 is 0 Å². The van der Waals surface area contributed by atoms with E-state index in [4.69, 9.17) is 4.74 Å². The van der Waals surface area contributed by atoms with E-state index in [1.165, 1.54) is 12.1 Å². The lowest BCUT2D eigenvalue weighted by Crippen LogP contribution is -2.38. The van der Waals surface area contributed by atoms with Gasteiger partial charge in [0.1, 0.15) is 5.82 Å². The van der Waals surface area contributed by atoms with Crippen LogP contribution in [0, 0.1) is 5.82 Å². The molecule has 33 heavy (non-hydrogen) atoms. The zero-order valence-corrected chi connectivity index (χ0v) is 19.7. The van der Waals surface area contributed by atoms with Gasteiger partial charge in [0.05, 0.1) is 13.2 Å². The first kappa shape index (κ1) is 23.4. The summed E-state index contributed by atoms with van der Waals surface area (Å²) in [5, 5.41) is 9.67. The number of halogens is 1. The van der Waals surface area contributed by atoms with Crippen LogP contribution in [0.15, 0.2) is 53.7 Å². The van der Waals surface area contributed by atoms with E-state index >= 15 is 0 Å². The van der Waals surface area contributed by atoms with Crippen molar-refractivity contribution in [1.29, 1.82) is 0 Å². The summed E-state index contributed by atoms with van der Waals surface area (Å²) < 4.78 is 21.0. The number of amides is 1. The van der Waals surface area contributed by atoms with Gasteiger partial charge in [-0.3, -0.25) is 9.69 Å². The standard InChI is InChI=1S/C24H28FN5O2S/c1-28(2)23(31)20-5-3-4-18(16-20)17-33-24-27-26-22(19-6-8-21(25)9-7-19)30(24)11-10-29-12-14-32-15-13-29/h3-9,16H,10-15,17H2,1-2H3. The number of aromatic nitrogens is 3. The first-order chi connectivity index (χ1) is 16.0. The average molecular weight is 470 g/mol. The van der Waals surface area contributed by atoms with Crippen LogP contribution in [0.1, 0.15) is 15.9 Å². The number of hydrogen-bond acceptors (Lipinski definition) is 6. The number of thioether (sulfide) groups is 1. The second kappa shape index (κ2) is 10.9. The quantitative estimate of drug-likeness (QED) is 0.471. The molecule has 174 valence electrons. The Bertz CT molecular complexity index is 1080. The van der Waals surface area contributed by atoms with Crippen molar-refractivity contribution in [2.45, 2.75) is 17.5 Å². The molecule has 0 N–H and O–H groups in total. The van der Waals surface area contributed by atoms with Crippen LogP contribution in [0.2, 0.25) is 0 Å². The maximum absolute atomic E-state index is 13.5. The molecule has 1 aliphatic heterocycles. The second-order valence-electron chi connectivity index (χ2n) is 8.11. The Morgan fingerprint density at radius 3 is 2.58 bits per heavy atom. The van der Waals surface area contributed by atoms with Crippen molar-refractivity contribution >= 4 is 17.7 Å². The molecule has 2 aromatic carbocycles. The molecule has 1 fully saturated rings. The molecule has 2 heterocycles. The van der Waals surface area contributed by atoms with Crippen LogP contribution in [0.3, 0.4) is 0 Å². The summed E-state index contributed by atoms with van der Waals surface area (Å²) in [4.78, 5) is 16.2. The summed E-state index contributed by atoms with van der Waals surface area (Å²) in [5.41, 5.74) is 2.54. The predicted octanol–water partition coefficient (Wildman–Crippen LogP) is 3.41. The van der Waals surface area contributed by atoms with Crippen LogP contribution in [-0.4, -0.2) is 77.4 Å². The number of hydrogen-bond donors (Lipinski definition) is 0. The van der Waals surface area contributed by atoms with E-state index in [0.29, 0.717) is 11.3 Å². The smallest absolute Gasteiger partial charge is 0.253 e. The number of morpholine rings is 1. The highest BCUT2D eigenvalue weighted by Gasteiger charge is 2.17. The largest absolute Gasteiger partial charge is 0.379 e. The molecule has 4 rings (SSSR count). The van der Waals surface area contributed by atoms with Crippen molar-refractivity contribution in [2.75, 3.05) is 46.9 Å². The third-order valence-corrected chi connectivity index (χ3v) is 6.55. The van der Waals surface area contributed by atoms with Crippen LogP contribution in [0.4, 0.5) is 4.39 Å².